The van der Waals surface area contributed by atoms with Gasteiger partial charge in [0.05, 0.1) is 0 Å². The molecule has 1 aliphatic rings. The van der Waals surface area contributed by atoms with Crippen LogP contribution in [0.4, 0.5) is 0 Å². The minimum atomic E-state index is 0.290. The van der Waals surface area contributed by atoms with Crippen molar-refractivity contribution < 1.29 is 4.79 Å². The second kappa shape index (κ2) is 6.40. The monoisotopic (exact) mass is 274 g/mol. The molecule has 0 saturated carbocycles. The number of aryl methyl sites for hydroxylation is 1. The fraction of sp³-hybridized carbons (Fsp3) is 0.588. The largest absolute Gasteiger partial charge is 0.345 e. The Morgan fingerprint density at radius 2 is 2.10 bits per heavy atom. The molecule has 20 heavy (non-hydrogen) atoms. The summed E-state index contributed by atoms with van der Waals surface area (Å²) in [4.78, 5) is 15.8. The van der Waals surface area contributed by atoms with Crippen molar-refractivity contribution in [1.82, 2.24) is 9.80 Å². The van der Waals surface area contributed by atoms with Crippen LogP contribution in [0.3, 0.4) is 0 Å². The third kappa shape index (κ3) is 3.60. The minimum absolute atomic E-state index is 0.290. The van der Waals surface area contributed by atoms with E-state index >= 15 is 0 Å². The highest BCUT2D eigenvalue weighted by Crippen LogP contribution is 2.19. The van der Waals surface area contributed by atoms with Crippen LogP contribution in [-0.2, 0) is 11.3 Å². The minimum Gasteiger partial charge on any atom is -0.345 e. The van der Waals surface area contributed by atoms with Gasteiger partial charge in [-0.2, -0.15) is 0 Å². The predicted octanol–water partition coefficient (Wildman–Crippen LogP) is 2.60. The van der Waals surface area contributed by atoms with E-state index in [0.717, 1.165) is 26.1 Å². The highest BCUT2D eigenvalue weighted by atomic mass is 16.2. The van der Waals surface area contributed by atoms with E-state index in [2.05, 4.69) is 44.0 Å². The number of likely N-dealkylation sites (tertiary alicyclic amines) is 1. The van der Waals surface area contributed by atoms with Crippen molar-refractivity contribution in [1.29, 1.82) is 0 Å². The molecule has 1 aromatic carbocycles. The van der Waals surface area contributed by atoms with Gasteiger partial charge in [0.25, 0.3) is 0 Å². The molecule has 1 heterocycles. The van der Waals surface area contributed by atoms with Crippen LogP contribution < -0.4 is 0 Å². The maximum Gasteiger partial charge on any atom is 0.222 e. The summed E-state index contributed by atoms with van der Waals surface area (Å²) in [7, 11) is 4.09. The zero-order chi connectivity index (χ0) is 14.7. The summed E-state index contributed by atoms with van der Waals surface area (Å²) < 4.78 is 0. The fourth-order valence-electron chi connectivity index (χ4n) is 3.03. The number of benzene rings is 1. The maximum absolute atomic E-state index is 11.5. The lowest BCUT2D eigenvalue weighted by Crippen LogP contribution is -2.41. The van der Waals surface area contributed by atoms with Gasteiger partial charge in [0, 0.05) is 33.1 Å². The Hall–Kier alpha value is -1.35. The predicted molar refractivity (Wildman–Crippen MR) is 82.6 cm³/mol. The Bertz CT molecular complexity index is 484. The highest BCUT2D eigenvalue weighted by Gasteiger charge is 2.23. The first-order valence-corrected chi connectivity index (χ1v) is 7.45. The third-order valence-electron chi connectivity index (χ3n) is 4.45. The quantitative estimate of drug-likeness (QED) is 0.842. The van der Waals surface area contributed by atoms with Crippen molar-refractivity contribution in [3.8, 4) is 0 Å². The molecule has 0 spiro atoms. The first-order valence-electron chi connectivity index (χ1n) is 7.45. The Morgan fingerprint density at radius 1 is 1.35 bits per heavy atom. The first kappa shape index (κ1) is 15.0. The molecular formula is C17H26N2O. The Balaban J connectivity index is 1.91. The van der Waals surface area contributed by atoms with E-state index in [1.54, 1.807) is 0 Å². The van der Waals surface area contributed by atoms with Gasteiger partial charge in [-0.1, -0.05) is 18.2 Å². The normalized spacial score (nSPS) is 19.8. The van der Waals surface area contributed by atoms with Crippen LogP contribution in [0.15, 0.2) is 18.2 Å². The van der Waals surface area contributed by atoms with Crippen LogP contribution in [0.5, 0.6) is 0 Å². The summed E-state index contributed by atoms with van der Waals surface area (Å²) >= 11 is 0. The Kier molecular flexibility index (Phi) is 4.81. The van der Waals surface area contributed by atoms with Gasteiger partial charge in [-0.05, 0) is 49.9 Å². The number of rotatable bonds is 4. The van der Waals surface area contributed by atoms with Gasteiger partial charge in [-0.15, -0.1) is 0 Å². The van der Waals surface area contributed by atoms with E-state index in [9.17, 15) is 4.79 Å². The summed E-state index contributed by atoms with van der Waals surface area (Å²) in [6.07, 6.45) is 1.73. The topological polar surface area (TPSA) is 23.6 Å². The van der Waals surface area contributed by atoms with Crippen molar-refractivity contribution in [3.05, 3.63) is 34.9 Å². The number of hydrogen-bond acceptors (Lipinski definition) is 2. The van der Waals surface area contributed by atoms with Gasteiger partial charge in [0.1, 0.15) is 0 Å². The second-order valence-electron chi connectivity index (χ2n) is 6.23. The van der Waals surface area contributed by atoms with Crippen molar-refractivity contribution in [2.24, 2.45) is 5.92 Å². The number of nitrogens with zero attached hydrogens (tertiary/aromatic N) is 2. The van der Waals surface area contributed by atoms with Crippen molar-refractivity contribution in [2.45, 2.75) is 33.2 Å². The van der Waals surface area contributed by atoms with E-state index in [1.165, 1.54) is 16.7 Å². The van der Waals surface area contributed by atoms with Gasteiger partial charge < -0.3 is 9.80 Å². The molecule has 2 rings (SSSR count). The van der Waals surface area contributed by atoms with Crippen LogP contribution in [-0.4, -0.2) is 42.9 Å². The second-order valence-corrected chi connectivity index (χ2v) is 6.23. The van der Waals surface area contributed by atoms with Gasteiger partial charge in [0.2, 0.25) is 5.91 Å². The van der Waals surface area contributed by atoms with Crippen molar-refractivity contribution in [3.63, 3.8) is 0 Å². The van der Waals surface area contributed by atoms with E-state index < -0.39 is 0 Å². The molecule has 0 radical (unpaired) electrons. The number of amides is 1. The lowest BCUT2D eigenvalue weighted by molar-refractivity contribution is -0.133. The average molecular weight is 274 g/mol. The van der Waals surface area contributed by atoms with Crippen LogP contribution in [0.2, 0.25) is 0 Å². The smallest absolute Gasteiger partial charge is 0.222 e. The summed E-state index contributed by atoms with van der Waals surface area (Å²) in [6.45, 7) is 7.31. The molecule has 1 aromatic rings. The molecule has 0 aliphatic carbocycles. The first-order chi connectivity index (χ1) is 9.47. The standard InChI is InChI=1S/C17H26N2O/c1-13-6-5-7-16(14(13)2)12-18(3)10-15-8-9-17(20)19(4)11-15/h5-7,15H,8-12H2,1-4H3. The molecule has 1 unspecified atom stereocenters. The molecule has 1 aliphatic heterocycles. The number of piperidine rings is 1. The maximum atomic E-state index is 11.5. The molecular weight excluding hydrogens is 248 g/mol. The molecule has 0 bridgehead atoms. The van der Waals surface area contributed by atoms with Crippen molar-refractivity contribution in [2.75, 3.05) is 27.2 Å². The van der Waals surface area contributed by atoms with Gasteiger partial charge >= 0.3 is 0 Å². The molecule has 1 saturated heterocycles. The van der Waals surface area contributed by atoms with E-state index in [-0.39, 0.29) is 0 Å². The fourth-order valence-corrected chi connectivity index (χ4v) is 3.03. The van der Waals surface area contributed by atoms with Crippen LogP contribution in [0.25, 0.3) is 0 Å². The molecule has 1 atom stereocenters. The SMILES string of the molecule is Cc1cccc(CN(C)CC2CCC(=O)N(C)C2)c1C. The number of carbonyl (C=O) groups is 1. The van der Waals surface area contributed by atoms with Crippen LogP contribution in [0.1, 0.15) is 29.5 Å². The van der Waals surface area contributed by atoms with E-state index in [0.29, 0.717) is 18.2 Å². The summed E-state index contributed by atoms with van der Waals surface area (Å²) in [5.41, 5.74) is 4.17. The molecule has 3 heteroatoms. The molecule has 1 amide bonds. The van der Waals surface area contributed by atoms with Crippen molar-refractivity contribution >= 4 is 5.91 Å². The van der Waals surface area contributed by atoms with E-state index in [4.69, 9.17) is 0 Å². The average Bonchev–Trinajstić information content (AvgIpc) is 2.39. The zero-order valence-corrected chi connectivity index (χ0v) is 13.1. The van der Waals surface area contributed by atoms with Gasteiger partial charge in [-0.3, -0.25) is 4.79 Å². The third-order valence-corrected chi connectivity index (χ3v) is 4.45. The van der Waals surface area contributed by atoms with Crippen LogP contribution in [0, 0.1) is 19.8 Å². The molecule has 110 valence electrons. The molecule has 3 nitrogen and oxygen atoms in total. The molecule has 0 aromatic heterocycles. The zero-order valence-electron chi connectivity index (χ0n) is 13.1. The van der Waals surface area contributed by atoms with E-state index in [1.807, 2.05) is 11.9 Å². The van der Waals surface area contributed by atoms with Gasteiger partial charge in [0.15, 0.2) is 0 Å². The number of carbonyl (C=O) groups excluding carboxylic acids is 1. The molecule has 0 N–H and O–H groups in total. The number of hydrogen-bond donors (Lipinski definition) is 0. The highest BCUT2D eigenvalue weighted by molar-refractivity contribution is 5.76. The summed E-state index contributed by atoms with van der Waals surface area (Å²) in [6, 6.07) is 6.52. The Labute approximate surface area is 122 Å². The lowest BCUT2D eigenvalue weighted by Gasteiger charge is -2.32. The summed E-state index contributed by atoms with van der Waals surface area (Å²) in [5.74, 6) is 0.895. The van der Waals surface area contributed by atoms with Gasteiger partial charge in [-0.25, -0.2) is 0 Å². The lowest BCUT2D eigenvalue weighted by atomic mass is 9.97. The molecule has 1 fully saturated rings. The Morgan fingerprint density at radius 3 is 2.80 bits per heavy atom. The summed E-state index contributed by atoms with van der Waals surface area (Å²) in [5, 5.41) is 0. The van der Waals surface area contributed by atoms with Crippen LogP contribution >= 0.6 is 0 Å².